The maximum atomic E-state index is 4.09. The van der Waals surface area contributed by atoms with Gasteiger partial charge in [-0.05, 0) is 56.2 Å². The van der Waals surface area contributed by atoms with Crippen molar-refractivity contribution in [3.63, 3.8) is 0 Å². The van der Waals surface area contributed by atoms with E-state index in [0.29, 0.717) is 6.04 Å². The van der Waals surface area contributed by atoms with Crippen molar-refractivity contribution in [1.82, 2.24) is 4.90 Å². The summed E-state index contributed by atoms with van der Waals surface area (Å²) in [6.45, 7) is 9.45. The van der Waals surface area contributed by atoms with Crippen molar-refractivity contribution in [3.05, 3.63) is 76.7 Å². The van der Waals surface area contributed by atoms with Crippen LogP contribution in [0.3, 0.4) is 0 Å². The Kier molecular flexibility index (Phi) is 7.18. The summed E-state index contributed by atoms with van der Waals surface area (Å²) in [5, 5.41) is 0. The van der Waals surface area contributed by atoms with E-state index in [1.54, 1.807) is 0 Å². The van der Waals surface area contributed by atoms with Crippen LogP contribution in [-0.4, -0.2) is 10.9 Å². The molecule has 2 aliphatic carbocycles. The number of nitrogens with zero attached hydrogens (tertiary/aromatic N) is 1. The first-order chi connectivity index (χ1) is 13.2. The van der Waals surface area contributed by atoms with Crippen molar-refractivity contribution in [3.8, 4) is 0 Å². The van der Waals surface area contributed by atoms with Crippen LogP contribution in [0.15, 0.2) is 60.0 Å². The van der Waals surface area contributed by atoms with E-state index >= 15 is 0 Å². The molecule has 0 atom stereocenters. The molecule has 0 aromatic heterocycles. The second-order valence-corrected chi connectivity index (χ2v) is 8.21. The van der Waals surface area contributed by atoms with E-state index in [0.717, 1.165) is 19.4 Å². The molecule has 0 N–H and O–H groups in total. The normalized spacial score (nSPS) is 18.2. The fraction of sp³-hybridized carbons (Fsp3) is 0.500. The molecule has 1 nitrogen and oxygen atoms in total. The summed E-state index contributed by atoms with van der Waals surface area (Å²) in [4.78, 5) is 2.62. The van der Waals surface area contributed by atoms with E-state index in [1.807, 2.05) is 0 Å². The second kappa shape index (κ2) is 9.81. The summed E-state index contributed by atoms with van der Waals surface area (Å²) in [6.07, 6.45) is 18.6. The molecule has 0 aliphatic heterocycles. The van der Waals surface area contributed by atoms with Crippen molar-refractivity contribution in [2.24, 2.45) is 0 Å². The van der Waals surface area contributed by atoms with Crippen LogP contribution in [0, 0.1) is 13.8 Å². The van der Waals surface area contributed by atoms with Crippen molar-refractivity contribution in [2.45, 2.75) is 84.2 Å². The standard InChI is InChI=1S/C26H35N/c1-4-26(24-13-9-8-10-14-24)27(25-15-11-6-5-7-12-16-25)20-23-18-17-21(2)22(3)19-23/h9,13-14,17-19,25H,1,5-8,10-12,15-16,20H2,2-3H3. The summed E-state index contributed by atoms with van der Waals surface area (Å²) in [5.74, 6) is 0. The fourth-order valence-electron chi connectivity index (χ4n) is 4.39. The highest BCUT2D eigenvalue weighted by Gasteiger charge is 2.23. The lowest BCUT2D eigenvalue weighted by molar-refractivity contribution is 0.208. The van der Waals surface area contributed by atoms with Gasteiger partial charge in [-0.25, -0.2) is 0 Å². The van der Waals surface area contributed by atoms with Crippen LogP contribution in [0.4, 0.5) is 0 Å². The molecule has 1 heteroatoms. The Morgan fingerprint density at radius 3 is 2.41 bits per heavy atom. The van der Waals surface area contributed by atoms with Gasteiger partial charge in [0.1, 0.15) is 0 Å². The van der Waals surface area contributed by atoms with Crippen molar-refractivity contribution >= 4 is 0 Å². The van der Waals surface area contributed by atoms with Crippen LogP contribution in [0.25, 0.3) is 0 Å². The monoisotopic (exact) mass is 361 g/mol. The first-order valence-corrected chi connectivity index (χ1v) is 10.8. The third kappa shape index (κ3) is 5.27. The molecule has 0 heterocycles. The average molecular weight is 362 g/mol. The van der Waals surface area contributed by atoms with Gasteiger partial charge in [0, 0.05) is 18.2 Å². The van der Waals surface area contributed by atoms with E-state index in [1.165, 1.54) is 72.9 Å². The Balaban J connectivity index is 1.91. The Morgan fingerprint density at radius 2 is 1.78 bits per heavy atom. The van der Waals surface area contributed by atoms with Gasteiger partial charge in [0.2, 0.25) is 0 Å². The molecule has 1 saturated carbocycles. The minimum Gasteiger partial charge on any atom is -0.357 e. The Labute approximate surface area is 166 Å². The zero-order valence-electron chi connectivity index (χ0n) is 17.3. The Bertz CT molecular complexity index is 737. The van der Waals surface area contributed by atoms with E-state index in [9.17, 15) is 0 Å². The van der Waals surface area contributed by atoms with Crippen LogP contribution in [0.1, 0.15) is 74.5 Å². The van der Waals surface area contributed by atoms with Gasteiger partial charge in [-0.2, -0.15) is 0 Å². The van der Waals surface area contributed by atoms with Crippen LogP contribution < -0.4 is 0 Å². The van der Waals surface area contributed by atoms with E-state index in [-0.39, 0.29) is 0 Å². The lowest BCUT2D eigenvalue weighted by Crippen LogP contribution is -2.35. The van der Waals surface area contributed by atoms with Gasteiger partial charge in [-0.3, -0.25) is 0 Å². The molecule has 0 saturated heterocycles. The van der Waals surface area contributed by atoms with Gasteiger partial charge in [0.05, 0.1) is 5.70 Å². The van der Waals surface area contributed by atoms with Gasteiger partial charge in [0.25, 0.3) is 0 Å². The van der Waals surface area contributed by atoms with E-state index in [4.69, 9.17) is 0 Å². The average Bonchev–Trinajstić information content (AvgIpc) is 2.65. The Morgan fingerprint density at radius 1 is 1.04 bits per heavy atom. The minimum absolute atomic E-state index is 0.590. The van der Waals surface area contributed by atoms with Crippen LogP contribution in [0.5, 0.6) is 0 Å². The smallest absolute Gasteiger partial charge is 0.0869 e. The van der Waals surface area contributed by atoms with Crippen LogP contribution in [-0.2, 0) is 6.54 Å². The number of allylic oxidation sites excluding steroid dienone is 3. The zero-order chi connectivity index (χ0) is 19.1. The maximum absolute atomic E-state index is 4.09. The molecule has 1 aromatic rings. The molecule has 144 valence electrons. The molecule has 0 spiro atoms. The number of hydrogen-bond donors (Lipinski definition) is 0. The summed E-state index contributed by atoms with van der Waals surface area (Å²) in [5.41, 5.74) is 9.98. The molecule has 0 amide bonds. The van der Waals surface area contributed by atoms with Crippen LogP contribution in [0.2, 0.25) is 0 Å². The lowest BCUT2D eigenvalue weighted by atomic mass is 9.93. The second-order valence-electron chi connectivity index (χ2n) is 8.21. The van der Waals surface area contributed by atoms with Gasteiger partial charge in [-0.1, -0.05) is 75.1 Å². The van der Waals surface area contributed by atoms with Crippen LogP contribution >= 0.6 is 0 Å². The van der Waals surface area contributed by atoms with Crippen molar-refractivity contribution in [2.75, 3.05) is 0 Å². The van der Waals surface area contributed by atoms with Gasteiger partial charge in [0.15, 0.2) is 0 Å². The predicted octanol–water partition coefficient (Wildman–Crippen LogP) is 7.16. The molecule has 0 radical (unpaired) electrons. The van der Waals surface area contributed by atoms with E-state index < -0.39 is 0 Å². The first kappa shape index (κ1) is 19.8. The molecule has 1 aromatic carbocycles. The molecular weight excluding hydrogens is 326 g/mol. The summed E-state index contributed by atoms with van der Waals surface area (Å²) in [6, 6.07) is 7.51. The fourth-order valence-corrected chi connectivity index (χ4v) is 4.39. The number of rotatable bonds is 5. The highest BCUT2D eigenvalue weighted by atomic mass is 15.2. The molecular formula is C26H35N. The third-order valence-corrected chi connectivity index (χ3v) is 6.16. The molecule has 0 unspecified atom stereocenters. The number of hydrogen-bond acceptors (Lipinski definition) is 1. The first-order valence-electron chi connectivity index (χ1n) is 10.8. The minimum atomic E-state index is 0.590. The summed E-state index contributed by atoms with van der Waals surface area (Å²) in [7, 11) is 0. The highest BCUT2D eigenvalue weighted by molar-refractivity contribution is 5.41. The SMILES string of the molecule is C=C=C(C1=CCCC=C1)N(Cc1ccc(C)c(C)c1)C1CCCCCCC1. The largest absolute Gasteiger partial charge is 0.357 e. The quantitative estimate of drug-likeness (QED) is 0.503. The zero-order valence-corrected chi connectivity index (χ0v) is 17.3. The highest BCUT2D eigenvalue weighted by Crippen LogP contribution is 2.30. The maximum Gasteiger partial charge on any atom is 0.0869 e. The van der Waals surface area contributed by atoms with Gasteiger partial charge in [-0.15, -0.1) is 5.73 Å². The third-order valence-electron chi connectivity index (χ3n) is 6.16. The van der Waals surface area contributed by atoms with Gasteiger partial charge >= 0.3 is 0 Å². The van der Waals surface area contributed by atoms with Gasteiger partial charge < -0.3 is 4.90 Å². The van der Waals surface area contributed by atoms with E-state index in [2.05, 4.69) is 67.5 Å². The number of benzene rings is 1. The van der Waals surface area contributed by atoms with Crippen molar-refractivity contribution < 1.29 is 0 Å². The molecule has 0 bridgehead atoms. The summed E-state index contributed by atoms with van der Waals surface area (Å²) >= 11 is 0. The molecule has 3 rings (SSSR count). The number of aryl methyl sites for hydroxylation is 2. The molecule has 1 fully saturated rings. The topological polar surface area (TPSA) is 3.24 Å². The molecule has 2 aliphatic rings. The lowest BCUT2D eigenvalue weighted by Gasteiger charge is -2.37. The predicted molar refractivity (Wildman–Crippen MR) is 117 cm³/mol. The summed E-state index contributed by atoms with van der Waals surface area (Å²) < 4.78 is 0. The Hall–Kier alpha value is -1.98. The molecule has 27 heavy (non-hydrogen) atoms. The van der Waals surface area contributed by atoms with Crippen molar-refractivity contribution in [1.29, 1.82) is 0 Å².